The summed E-state index contributed by atoms with van der Waals surface area (Å²) in [6, 6.07) is 66.2. The number of aliphatic imine (C=N–C) groups is 1. The molecule has 0 saturated heterocycles. The van der Waals surface area contributed by atoms with Gasteiger partial charge in [0.05, 0.1) is 11.4 Å². The van der Waals surface area contributed by atoms with Crippen molar-refractivity contribution in [2.45, 2.75) is 6.92 Å². The van der Waals surface area contributed by atoms with Crippen LogP contribution in [0, 0.1) is 0 Å². The smallest absolute Gasteiger partial charge is 0.164 e. The van der Waals surface area contributed by atoms with Crippen molar-refractivity contribution in [1.82, 2.24) is 15.0 Å². The molecule has 0 radical (unpaired) electrons. The first-order valence-electron chi connectivity index (χ1n) is 18.3. The van der Waals surface area contributed by atoms with Crippen molar-refractivity contribution in [1.29, 1.82) is 0 Å². The quantitative estimate of drug-likeness (QED) is 0.133. The standard InChI is InChI=1S/C51H38N4/c1-36(38-18-7-3-8-19-38)32-48(52-37(2)42-26-15-27-43(33-42)39-20-9-4-10-21-39)46-30-16-28-44(34-46)45-29-17-31-47(35-45)51-54-49(40-22-11-5-12-23-40)53-50(55-51)41-24-13-6-14-25-41/h3-35H,2H2,1H3/b36-32+,52-48?. The molecule has 8 rings (SSSR count). The Balaban J connectivity index is 1.19. The third-order valence-corrected chi connectivity index (χ3v) is 9.45. The summed E-state index contributed by atoms with van der Waals surface area (Å²) in [4.78, 5) is 20.0. The second kappa shape index (κ2) is 16.2. The van der Waals surface area contributed by atoms with Gasteiger partial charge in [0, 0.05) is 27.8 Å². The lowest BCUT2D eigenvalue weighted by Gasteiger charge is -2.12. The van der Waals surface area contributed by atoms with Crippen molar-refractivity contribution < 1.29 is 0 Å². The van der Waals surface area contributed by atoms with E-state index in [1.165, 1.54) is 0 Å². The number of hydrogen-bond donors (Lipinski definition) is 0. The molecule has 0 aliphatic heterocycles. The van der Waals surface area contributed by atoms with Gasteiger partial charge in [-0.15, -0.1) is 0 Å². The van der Waals surface area contributed by atoms with Crippen molar-refractivity contribution in [3.05, 3.63) is 223 Å². The van der Waals surface area contributed by atoms with Gasteiger partial charge in [-0.3, -0.25) is 0 Å². The minimum Gasteiger partial charge on any atom is -0.248 e. The summed E-state index contributed by atoms with van der Waals surface area (Å²) < 4.78 is 0. The second-order valence-electron chi connectivity index (χ2n) is 13.3. The average Bonchev–Trinajstić information content (AvgIpc) is 3.27. The molecule has 0 aliphatic carbocycles. The van der Waals surface area contributed by atoms with E-state index in [4.69, 9.17) is 19.9 Å². The third kappa shape index (κ3) is 8.20. The highest BCUT2D eigenvalue weighted by molar-refractivity contribution is 6.14. The maximum absolute atomic E-state index is 5.21. The largest absolute Gasteiger partial charge is 0.248 e. The Hall–Kier alpha value is -7.30. The molecule has 4 heteroatoms. The average molecular weight is 707 g/mol. The Bertz CT molecular complexity index is 2590. The summed E-state index contributed by atoms with van der Waals surface area (Å²) in [5.74, 6) is 1.88. The van der Waals surface area contributed by atoms with Crippen molar-refractivity contribution >= 4 is 17.0 Å². The lowest BCUT2D eigenvalue weighted by atomic mass is 9.97. The SMILES string of the molecule is C=C(N=C(/C=C(\C)c1ccccc1)c1cccc(-c2cccc(-c3nc(-c4ccccc4)nc(-c4ccccc4)n3)c2)c1)c1cccc(-c2ccccc2)c1. The van der Waals surface area contributed by atoms with Crippen LogP contribution in [0.25, 0.3) is 67.7 Å². The Labute approximate surface area is 322 Å². The molecule has 0 aliphatic rings. The first-order chi connectivity index (χ1) is 27.1. The zero-order valence-corrected chi connectivity index (χ0v) is 30.5. The van der Waals surface area contributed by atoms with E-state index in [1.54, 1.807) is 0 Å². The maximum atomic E-state index is 5.21. The summed E-state index contributed by atoms with van der Waals surface area (Å²) in [7, 11) is 0. The van der Waals surface area contributed by atoms with Gasteiger partial charge in [0.1, 0.15) is 0 Å². The summed E-state index contributed by atoms with van der Waals surface area (Å²) in [6.07, 6.45) is 2.15. The van der Waals surface area contributed by atoms with E-state index in [9.17, 15) is 0 Å². The van der Waals surface area contributed by atoms with Gasteiger partial charge in [-0.25, -0.2) is 19.9 Å². The van der Waals surface area contributed by atoms with E-state index in [0.29, 0.717) is 23.2 Å². The van der Waals surface area contributed by atoms with Crippen molar-refractivity contribution in [3.8, 4) is 56.4 Å². The number of nitrogens with zero attached hydrogens (tertiary/aromatic N) is 4. The zero-order valence-electron chi connectivity index (χ0n) is 30.5. The van der Waals surface area contributed by atoms with E-state index in [-0.39, 0.29) is 0 Å². The molecule has 7 aromatic carbocycles. The Morgan fingerprint density at radius 1 is 0.400 bits per heavy atom. The molecule has 0 amide bonds. The normalized spacial score (nSPS) is 11.7. The highest BCUT2D eigenvalue weighted by Crippen LogP contribution is 2.30. The first kappa shape index (κ1) is 34.8. The molecule has 262 valence electrons. The lowest BCUT2D eigenvalue weighted by Crippen LogP contribution is -2.01. The summed E-state index contributed by atoms with van der Waals surface area (Å²) in [5, 5.41) is 0. The fourth-order valence-corrected chi connectivity index (χ4v) is 6.52. The highest BCUT2D eigenvalue weighted by atomic mass is 15.0. The number of hydrogen-bond acceptors (Lipinski definition) is 4. The van der Waals surface area contributed by atoms with Crippen molar-refractivity contribution in [3.63, 3.8) is 0 Å². The summed E-state index contributed by atoms with van der Waals surface area (Å²) in [6.45, 7) is 6.58. The molecule has 0 spiro atoms. The fraction of sp³-hybridized carbons (Fsp3) is 0.0196. The molecule has 0 atom stereocenters. The molecular weight excluding hydrogens is 669 g/mol. The van der Waals surface area contributed by atoms with E-state index >= 15 is 0 Å². The van der Waals surface area contributed by atoms with Crippen LogP contribution in [0.2, 0.25) is 0 Å². The third-order valence-electron chi connectivity index (χ3n) is 9.45. The van der Waals surface area contributed by atoms with E-state index in [2.05, 4.69) is 141 Å². The molecule has 0 fully saturated rings. The van der Waals surface area contributed by atoms with Crippen LogP contribution in [-0.2, 0) is 0 Å². The lowest BCUT2D eigenvalue weighted by molar-refractivity contribution is 1.07. The second-order valence-corrected chi connectivity index (χ2v) is 13.3. The van der Waals surface area contributed by atoms with Gasteiger partial charge in [-0.05, 0) is 64.6 Å². The van der Waals surface area contributed by atoms with Gasteiger partial charge < -0.3 is 0 Å². The first-order valence-corrected chi connectivity index (χ1v) is 18.3. The van der Waals surface area contributed by atoms with E-state index < -0.39 is 0 Å². The topological polar surface area (TPSA) is 51.0 Å². The molecule has 1 aromatic heterocycles. The number of allylic oxidation sites excluding steroid dienone is 2. The van der Waals surface area contributed by atoms with Crippen molar-refractivity contribution in [2.24, 2.45) is 4.99 Å². The molecule has 55 heavy (non-hydrogen) atoms. The molecular formula is C51H38N4. The number of rotatable bonds is 10. The fourth-order valence-electron chi connectivity index (χ4n) is 6.52. The Morgan fingerprint density at radius 3 is 1.36 bits per heavy atom. The van der Waals surface area contributed by atoms with Gasteiger partial charge in [-0.2, -0.15) is 0 Å². The van der Waals surface area contributed by atoms with Crippen LogP contribution in [0.15, 0.2) is 212 Å². The van der Waals surface area contributed by atoms with Gasteiger partial charge in [0.2, 0.25) is 0 Å². The van der Waals surface area contributed by atoms with Gasteiger partial charge >= 0.3 is 0 Å². The van der Waals surface area contributed by atoms with Crippen LogP contribution in [0.1, 0.15) is 23.6 Å². The number of benzene rings is 7. The molecule has 1 heterocycles. The Morgan fingerprint density at radius 2 is 0.782 bits per heavy atom. The van der Waals surface area contributed by atoms with Gasteiger partial charge in [0.15, 0.2) is 17.5 Å². The van der Waals surface area contributed by atoms with Crippen LogP contribution in [0.3, 0.4) is 0 Å². The minimum atomic E-state index is 0.614. The van der Waals surface area contributed by atoms with E-state index in [1.807, 2.05) is 72.8 Å². The van der Waals surface area contributed by atoms with Crippen LogP contribution in [0.5, 0.6) is 0 Å². The molecule has 0 saturated carbocycles. The Kier molecular flexibility index (Phi) is 10.2. The molecule has 8 aromatic rings. The molecule has 0 N–H and O–H groups in total. The predicted octanol–water partition coefficient (Wildman–Crippen LogP) is 12.8. The van der Waals surface area contributed by atoms with Gasteiger partial charge in [-0.1, -0.05) is 183 Å². The molecule has 0 bridgehead atoms. The van der Waals surface area contributed by atoms with Crippen molar-refractivity contribution in [2.75, 3.05) is 0 Å². The number of aromatic nitrogens is 3. The van der Waals surface area contributed by atoms with Gasteiger partial charge in [0.25, 0.3) is 0 Å². The summed E-state index contributed by atoms with van der Waals surface area (Å²) in [5.41, 5.74) is 12.9. The van der Waals surface area contributed by atoms with Crippen LogP contribution in [-0.4, -0.2) is 20.7 Å². The van der Waals surface area contributed by atoms with Crippen LogP contribution in [0.4, 0.5) is 0 Å². The maximum Gasteiger partial charge on any atom is 0.164 e. The van der Waals surface area contributed by atoms with E-state index in [0.717, 1.165) is 66.9 Å². The molecule has 4 nitrogen and oxygen atoms in total. The highest BCUT2D eigenvalue weighted by Gasteiger charge is 2.14. The summed E-state index contributed by atoms with van der Waals surface area (Å²) >= 11 is 0. The predicted molar refractivity (Wildman–Crippen MR) is 229 cm³/mol. The van der Waals surface area contributed by atoms with Crippen LogP contribution < -0.4 is 0 Å². The minimum absolute atomic E-state index is 0.614. The zero-order chi connectivity index (χ0) is 37.4. The van der Waals surface area contributed by atoms with Crippen LogP contribution >= 0.6 is 0 Å². The molecule has 0 unspecified atom stereocenters. The monoisotopic (exact) mass is 706 g/mol.